The molecule has 1 aliphatic heterocycles. The van der Waals surface area contributed by atoms with Gasteiger partial charge in [0.2, 0.25) is 0 Å². The van der Waals surface area contributed by atoms with Crippen LogP contribution in [0.2, 0.25) is 0 Å². The summed E-state index contributed by atoms with van der Waals surface area (Å²) in [5, 5.41) is 1.13. The van der Waals surface area contributed by atoms with E-state index >= 15 is 0 Å². The summed E-state index contributed by atoms with van der Waals surface area (Å²) >= 11 is 0. The van der Waals surface area contributed by atoms with Gasteiger partial charge in [0.1, 0.15) is 11.6 Å². The van der Waals surface area contributed by atoms with Crippen molar-refractivity contribution in [2.24, 2.45) is 0 Å². The van der Waals surface area contributed by atoms with Gasteiger partial charge in [0.05, 0.1) is 28.8 Å². The van der Waals surface area contributed by atoms with E-state index in [1.54, 1.807) is 0 Å². The lowest BCUT2D eigenvalue weighted by molar-refractivity contribution is 0.145. The zero-order valence-electron chi connectivity index (χ0n) is 22.8. The zero-order chi connectivity index (χ0) is 26.6. The van der Waals surface area contributed by atoms with Gasteiger partial charge in [-0.05, 0) is 68.4 Å². The molecule has 2 aromatic heterocycles. The Morgan fingerprint density at radius 1 is 0.897 bits per heavy atom. The molecule has 6 heteroatoms. The highest BCUT2D eigenvalue weighted by atomic mass is 16.5. The third kappa shape index (κ3) is 5.72. The number of aryl methyl sites for hydroxylation is 1. The van der Waals surface area contributed by atoms with Crippen molar-refractivity contribution in [3.63, 3.8) is 0 Å². The van der Waals surface area contributed by atoms with Gasteiger partial charge in [-0.25, -0.2) is 4.98 Å². The molecule has 1 fully saturated rings. The molecule has 0 atom stereocenters. The quantitative estimate of drug-likeness (QED) is 0.234. The molecule has 6 nitrogen and oxygen atoms in total. The van der Waals surface area contributed by atoms with Crippen LogP contribution in [0.15, 0.2) is 79.0 Å². The molecule has 6 rings (SSSR count). The third-order valence-corrected chi connectivity index (χ3v) is 7.47. The van der Waals surface area contributed by atoms with Gasteiger partial charge >= 0.3 is 0 Å². The van der Waals surface area contributed by atoms with Gasteiger partial charge in [0, 0.05) is 55.9 Å². The van der Waals surface area contributed by atoms with E-state index in [1.165, 1.54) is 5.56 Å². The van der Waals surface area contributed by atoms with Crippen LogP contribution < -0.4 is 4.74 Å². The number of benzene rings is 3. The molecule has 0 spiro atoms. The van der Waals surface area contributed by atoms with Crippen LogP contribution in [0.5, 0.6) is 5.75 Å². The second kappa shape index (κ2) is 11.4. The van der Waals surface area contributed by atoms with E-state index in [2.05, 4.69) is 106 Å². The van der Waals surface area contributed by atoms with Crippen LogP contribution in [0.3, 0.4) is 0 Å². The van der Waals surface area contributed by atoms with Gasteiger partial charge in [-0.15, -0.1) is 0 Å². The highest BCUT2D eigenvalue weighted by Gasteiger charge is 2.14. The molecule has 1 saturated heterocycles. The van der Waals surface area contributed by atoms with Gasteiger partial charge in [-0.1, -0.05) is 36.4 Å². The molecule has 3 aromatic carbocycles. The number of likely N-dealkylation sites (N-methyl/N-ethyl adjacent to an activating group) is 1. The number of ether oxygens (including phenoxy) is 1. The van der Waals surface area contributed by atoms with E-state index in [-0.39, 0.29) is 0 Å². The Labute approximate surface area is 230 Å². The number of aromatic nitrogens is 3. The molecule has 0 N–H and O–H groups in total. The highest BCUT2D eigenvalue weighted by molar-refractivity contribution is 5.90. The van der Waals surface area contributed by atoms with Crippen molar-refractivity contribution in [3.8, 4) is 11.4 Å². The normalized spacial score (nSPS) is 15.0. The summed E-state index contributed by atoms with van der Waals surface area (Å²) in [7, 11) is 2.19. The first-order valence-electron chi connectivity index (χ1n) is 13.8. The molecule has 1 aliphatic rings. The minimum atomic E-state index is 0.709. The summed E-state index contributed by atoms with van der Waals surface area (Å²) in [4.78, 5) is 14.5. The summed E-state index contributed by atoms with van der Waals surface area (Å²) in [6.07, 6.45) is 7.06. The maximum Gasteiger partial charge on any atom is 0.138 e. The Morgan fingerprint density at radius 3 is 2.64 bits per heavy atom. The molecule has 3 heterocycles. The smallest absolute Gasteiger partial charge is 0.138 e. The first-order valence-corrected chi connectivity index (χ1v) is 13.8. The van der Waals surface area contributed by atoms with Crippen molar-refractivity contribution in [2.75, 3.05) is 46.4 Å². The lowest BCUT2D eigenvalue weighted by atomic mass is 10.1. The summed E-state index contributed by atoms with van der Waals surface area (Å²) in [5.41, 5.74) is 6.33. The SMILES string of the molecule is Cc1ccc2c(c1)nc(/C=C/c1cccc3cccnc13)n2-c1cccc(OCCCN2CCN(C)CC2)c1. The monoisotopic (exact) mass is 517 g/mol. The summed E-state index contributed by atoms with van der Waals surface area (Å²) in [6, 6.07) is 25.1. The maximum absolute atomic E-state index is 6.21. The van der Waals surface area contributed by atoms with E-state index in [0.717, 1.165) is 83.9 Å². The predicted molar refractivity (Wildman–Crippen MR) is 161 cm³/mol. The first kappa shape index (κ1) is 25.3. The fraction of sp³-hybridized carbons (Fsp3) is 0.273. The fourth-order valence-electron chi connectivity index (χ4n) is 5.28. The molecule has 0 saturated carbocycles. The average Bonchev–Trinajstić information content (AvgIpc) is 3.32. The molecule has 198 valence electrons. The van der Waals surface area contributed by atoms with Gasteiger partial charge in [0.15, 0.2) is 0 Å². The number of piperazine rings is 1. The molecule has 0 unspecified atom stereocenters. The largest absolute Gasteiger partial charge is 0.493 e. The van der Waals surface area contributed by atoms with E-state index in [4.69, 9.17) is 9.72 Å². The second-order valence-corrected chi connectivity index (χ2v) is 10.4. The number of nitrogens with zero attached hydrogens (tertiary/aromatic N) is 5. The van der Waals surface area contributed by atoms with Crippen molar-refractivity contribution < 1.29 is 4.74 Å². The van der Waals surface area contributed by atoms with Crippen LogP contribution in [-0.2, 0) is 0 Å². The molecular weight excluding hydrogens is 482 g/mol. The Kier molecular flexibility index (Phi) is 7.39. The highest BCUT2D eigenvalue weighted by Crippen LogP contribution is 2.27. The number of para-hydroxylation sites is 1. The fourth-order valence-corrected chi connectivity index (χ4v) is 5.28. The van der Waals surface area contributed by atoms with Crippen LogP contribution in [0, 0.1) is 6.92 Å². The lowest BCUT2D eigenvalue weighted by Gasteiger charge is -2.32. The number of fused-ring (bicyclic) bond motifs is 2. The molecule has 0 bridgehead atoms. The van der Waals surface area contributed by atoms with Crippen molar-refractivity contribution in [1.82, 2.24) is 24.3 Å². The van der Waals surface area contributed by atoms with Gasteiger partial charge in [-0.3, -0.25) is 9.55 Å². The standard InChI is InChI=1S/C33H35N5O/c1-25-12-14-31-30(23-25)35-32(15-13-27-8-3-7-26-9-5-16-34-33(26)27)38(31)28-10-4-11-29(24-28)39-22-6-17-37-20-18-36(2)19-21-37/h3-5,7-16,23-24H,6,17-22H2,1-2H3/b15-13+. The van der Waals surface area contributed by atoms with Crippen LogP contribution in [0.4, 0.5) is 0 Å². The number of hydrogen-bond acceptors (Lipinski definition) is 5. The Balaban J connectivity index is 1.26. The van der Waals surface area contributed by atoms with E-state index in [9.17, 15) is 0 Å². The minimum Gasteiger partial charge on any atom is -0.493 e. The van der Waals surface area contributed by atoms with E-state index < -0.39 is 0 Å². The first-order chi connectivity index (χ1) is 19.1. The number of pyridine rings is 1. The van der Waals surface area contributed by atoms with Crippen LogP contribution >= 0.6 is 0 Å². The molecule has 0 amide bonds. The Hall–Kier alpha value is -4.00. The second-order valence-electron chi connectivity index (χ2n) is 10.4. The number of hydrogen-bond donors (Lipinski definition) is 0. The van der Waals surface area contributed by atoms with Crippen LogP contribution in [0.25, 0.3) is 39.8 Å². The molecular formula is C33H35N5O. The van der Waals surface area contributed by atoms with Gasteiger partial charge < -0.3 is 14.5 Å². The number of imidazole rings is 1. The van der Waals surface area contributed by atoms with Crippen molar-refractivity contribution >= 4 is 34.1 Å². The third-order valence-electron chi connectivity index (χ3n) is 7.47. The van der Waals surface area contributed by atoms with Crippen LogP contribution in [-0.4, -0.2) is 70.7 Å². The predicted octanol–water partition coefficient (Wildman–Crippen LogP) is 6.07. The summed E-state index contributed by atoms with van der Waals surface area (Å²) in [6.45, 7) is 8.47. The molecule has 5 aromatic rings. The molecule has 0 aliphatic carbocycles. The maximum atomic E-state index is 6.21. The summed E-state index contributed by atoms with van der Waals surface area (Å²) < 4.78 is 8.42. The zero-order valence-corrected chi connectivity index (χ0v) is 22.8. The van der Waals surface area contributed by atoms with Crippen molar-refractivity contribution in [2.45, 2.75) is 13.3 Å². The topological polar surface area (TPSA) is 46.4 Å². The van der Waals surface area contributed by atoms with E-state index in [0.29, 0.717) is 6.61 Å². The van der Waals surface area contributed by atoms with E-state index in [1.807, 2.05) is 18.3 Å². The average molecular weight is 518 g/mol. The van der Waals surface area contributed by atoms with Crippen molar-refractivity contribution in [1.29, 1.82) is 0 Å². The molecule has 0 radical (unpaired) electrons. The minimum absolute atomic E-state index is 0.709. The lowest BCUT2D eigenvalue weighted by Crippen LogP contribution is -2.44. The number of rotatable bonds is 8. The summed E-state index contributed by atoms with van der Waals surface area (Å²) in [5.74, 6) is 1.75. The molecule has 39 heavy (non-hydrogen) atoms. The Bertz CT molecular complexity index is 1610. The van der Waals surface area contributed by atoms with Crippen LogP contribution in [0.1, 0.15) is 23.4 Å². The van der Waals surface area contributed by atoms with Gasteiger partial charge in [0.25, 0.3) is 0 Å². The van der Waals surface area contributed by atoms with Gasteiger partial charge in [-0.2, -0.15) is 0 Å². The Morgan fingerprint density at radius 2 is 1.74 bits per heavy atom. The van der Waals surface area contributed by atoms with Crippen molar-refractivity contribution in [3.05, 3.63) is 95.9 Å².